The third-order valence-corrected chi connectivity index (χ3v) is 3.23. The van der Waals surface area contributed by atoms with Crippen molar-refractivity contribution in [1.82, 2.24) is 15.1 Å². The summed E-state index contributed by atoms with van der Waals surface area (Å²) in [5.41, 5.74) is 1.87. The molecule has 0 saturated carbocycles. The summed E-state index contributed by atoms with van der Waals surface area (Å²) >= 11 is 0. The molecule has 0 bridgehead atoms. The summed E-state index contributed by atoms with van der Waals surface area (Å²) in [7, 11) is 1.65. The molecule has 0 aliphatic heterocycles. The van der Waals surface area contributed by atoms with Crippen molar-refractivity contribution in [2.45, 2.75) is 20.0 Å². The van der Waals surface area contributed by atoms with Crippen molar-refractivity contribution in [2.24, 2.45) is 0 Å². The van der Waals surface area contributed by atoms with Crippen molar-refractivity contribution >= 4 is 0 Å². The number of nitrogens with one attached hydrogen (secondary N) is 1. The number of aromatic nitrogens is 2. The quantitative estimate of drug-likeness (QED) is 0.796. The Morgan fingerprint density at radius 1 is 1.29 bits per heavy atom. The number of aryl methyl sites for hydroxylation is 1. The van der Waals surface area contributed by atoms with Gasteiger partial charge in [0.15, 0.2) is 0 Å². The Labute approximate surface area is 122 Å². The minimum absolute atomic E-state index is 0.0268. The van der Waals surface area contributed by atoms with Crippen LogP contribution in [0.25, 0.3) is 0 Å². The molecule has 0 aliphatic carbocycles. The monoisotopic (exact) mass is 295 g/mol. The van der Waals surface area contributed by atoms with E-state index in [9.17, 15) is 8.78 Å². The highest BCUT2D eigenvalue weighted by Crippen LogP contribution is 2.14. The Kier molecular flexibility index (Phi) is 5.41. The zero-order chi connectivity index (χ0) is 15.2. The van der Waals surface area contributed by atoms with Gasteiger partial charge in [-0.2, -0.15) is 5.10 Å². The number of halogens is 2. The molecular formula is C15H19F2N3O. The van der Waals surface area contributed by atoms with Gasteiger partial charge in [-0.3, -0.25) is 4.68 Å². The van der Waals surface area contributed by atoms with Crippen molar-refractivity contribution < 1.29 is 13.5 Å². The molecule has 21 heavy (non-hydrogen) atoms. The zero-order valence-corrected chi connectivity index (χ0v) is 12.2. The van der Waals surface area contributed by atoms with E-state index in [1.54, 1.807) is 18.0 Å². The standard InChI is InChI=1S/C15H19F2N3O/c1-11-12(8-18-6-7-21-2)9-20(19-11)10-13-14(16)4-3-5-15(13)17/h3-5,9,18H,6-8,10H2,1-2H3. The van der Waals surface area contributed by atoms with Crippen LogP contribution in [0.3, 0.4) is 0 Å². The lowest BCUT2D eigenvalue weighted by Gasteiger charge is -2.05. The van der Waals surface area contributed by atoms with Gasteiger partial charge >= 0.3 is 0 Å². The molecule has 114 valence electrons. The SMILES string of the molecule is COCCNCc1cn(Cc2c(F)cccc2F)nc1C. The van der Waals surface area contributed by atoms with Gasteiger partial charge in [-0.15, -0.1) is 0 Å². The maximum absolute atomic E-state index is 13.6. The van der Waals surface area contributed by atoms with Gasteiger partial charge in [-0.25, -0.2) is 8.78 Å². The predicted octanol–water partition coefficient (Wildman–Crippen LogP) is 2.25. The Balaban J connectivity index is 2.05. The number of methoxy groups -OCH3 is 1. The molecule has 0 unspecified atom stereocenters. The molecule has 0 saturated heterocycles. The molecule has 0 amide bonds. The van der Waals surface area contributed by atoms with Crippen LogP contribution in [0.15, 0.2) is 24.4 Å². The third-order valence-electron chi connectivity index (χ3n) is 3.23. The fourth-order valence-electron chi connectivity index (χ4n) is 2.06. The van der Waals surface area contributed by atoms with Crippen LogP contribution in [0.5, 0.6) is 0 Å². The number of ether oxygens (including phenoxy) is 1. The van der Waals surface area contributed by atoms with Gasteiger partial charge in [0.05, 0.1) is 18.8 Å². The smallest absolute Gasteiger partial charge is 0.131 e. The molecule has 0 aliphatic rings. The summed E-state index contributed by atoms with van der Waals surface area (Å²) in [6, 6.07) is 3.86. The highest BCUT2D eigenvalue weighted by atomic mass is 19.1. The highest BCUT2D eigenvalue weighted by Gasteiger charge is 2.11. The normalized spacial score (nSPS) is 11.0. The first kappa shape index (κ1) is 15.6. The van der Waals surface area contributed by atoms with E-state index in [-0.39, 0.29) is 12.1 Å². The third kappa shape index (κ3) is 4.09. The molecule has 1 heterocycles. The number of nitrogens with zero attached hydrogens (tertiary/aromatic N) is 2. The van der Waals surface area contributed by atoms with Gasteiger partial charge < -0.3 is 10.1 Å². The molecule has 0 radical (unpaired) electrons. The predicted molar refractivity (Wildman–Crippen MR) is 76.0 cm³/mol. The maximum atomic E-state index is 13.6. The molecule has 0 fully saturated rings. The molecule has 0 atom stereocenters. The summed E-state index contributed by atoms with van der Waals surface area (Å²) in [5.74, 6) is -1.11. The Morgan fingerprint density at radius 3 is 2.67 bits per heavy atom. The van der Waals surface area contributed by atoms with E-state index >= 15 is 0 Å². The molecule has 4 nitrogen and oxygen atoms in total. The van der Waals surface area contributed by atoms with Crippen LogP contribution >= 0.6 is 0 Å². The van der Waals surface area contributed by atoms with Gasteiger partial charge in [0, 0.05) is 37.5 Å². The van der Waals surface area contributed by atoms with E-state index in [4.69, 9.17) is 4.74 Å². The van der Waals surface area contributed by atoms with Gasteiger partial charge in [-0.1, -0.05) is 6.07 Å². The summed E-state index contributed by atoms with van der Waals surface area (Å²) in [6.07, 6.45) is 1.81. The molecule has 1 aromatic heterocycles. The van der Waals surface area contributed by atoms with Crippen LogP contribution in [-0.2, 0) is 17.8 Å². The van der Waals surface area contributed by atoms with E-state index in [1.165, 1.54) is 18.2 Å². The summed E-state index contributed by atoms with van der Waals surface area (Å²) in [5, 5.41) is 7.52. The van der Waals surface area contributed by atoms with Crippen LogP contribution in [-0.4, -0.2) is 30.0 Å². The fourth-order valence-corrected chi connectivity index (χ4v) is 2.06. The average Bonchev–Trinajstić information content (AvgIpc) is 2.80. The lowest BCUT2D eigenvalue weighted by Crippen LogP contribution is -2.18. The molecule has 2 aromatic rings. The van der Waals surface area contributed by atoms with Gasteiger partial charge in [0.2, 0.25) is 0 Å². The molecule has 2 rings (SSSR count). The van der Waals surface area contributed by atoms with Crippen LogP contribution in [0.1, 0.15) is 16.8 Å². The molecule has 1 N–H and O–H groups in total. The van der Waals surface area contributed by atoms with Crippen molar-refractivity contribution in [1.29, 1.82) is 0 Å². The average molecular weight is 295 g/mol. The van der Waals surface area contributed by atoms with Crippen LogP contribution in [0, 0.1) is 18.6 Å². The summed E-state index contributed by atoms with van der Waals surface area (Å²) in [4.78, 5) is 0. The van der Waals surface area contributed by atoms with E-state index in [2.05, 4.69) is 10.4 Å². The lowest BCUT2D eigenvalue weighted by molar-refractivity contribution is 0.199. The molecule has 1 aromatic carbocycles. The first-order chi connectivity index (χ1) is 10.1. The second-order valence-electron chi connectivity index (χ2n) is 4.81. The van der Waals surface area contributed by atoms with E-state index in [0.717, 1.165) is 17.8 Å². The first-order valence-electron chi connectivity index (χ1n) is 6.77. The van der Waals surface area contributed by atoms with Crippen LogP contribution in [0.2, 0.25) is 0 Å². The Bertz CT molecular complexity index is 578. The van der Waals surface area contributed by atoms with Crippen molar-refractivity contribution in [3.63, 3.8) is 0 Å². The number of rotatable bonds is 7. The number of benzene rings is 1. The van der Waals surface area contributed by atoms with Crippen molar-refractivity contribution in [3.8, 4) is 0 Å². The van der Waals surface area contributed by atoms with Crippen LogP contribution < -0.4 is 5.32 Å². The molecule has 0 spiro atoms. The van der Waals surface area contributed by atoms with Gasteiger partial charge in [0.1, 0.15) is 11.6 Å². The van der Waals surface area contributed by atoms with E-state index < -0.39 is 11.6 Å². The zero-order valence-electron chi connectivity index (χ0n) is 12.2. The molecular weight excluding hydrogens is 276 g/mol. The van der Waals surface area contributed by atoms with Gasteiger partial charge in [-0.05, 0) is 19.1 Å². The fraction of sp³-hybridized carbons (Fsp3) is 0.400. The topological polar surface area (TPSA) is 39.1 Å². The second-order valence-corrected chi connectivity index (χ2v) is 4.81. The Hall–Kier alpha value is -1.79. The van der Waals surface area contributed by atoms with E-state index in [1.807, 2.05) is 6.92 Å². The van der Waals surface area contributed by atoms with Crippen molar-refractivity contribution in [2.75, 3.05) is 20.3 Å². The largest absolute Gasteiger partial charge is 0.383 e. The van der Waals surface area contributed by atoms with Crippen molar-refractivity contribution in [3.05, 3.63) is 52.9 Å². The van der Waals surface area contributed by atoms with E-state index in [0.29, 0.717) is 13.2 Å². The maximum Gasteiger partial charge on any atom is 0.131 e. The van der Waals surface area contributed by atoms with Crippen LogP contribution in [0.4, 0.5) is 8.78 Å². The summed E-state index contributed by atoms with van der Waals surface area (Å²) in [6.45, 7) is 3.98. The minimum Gasteiger partial charge on any atom is -0.383 e. The first-order valence-corrected chi connectivity index (χ1v) is 6.77. The van der Waals surface area contributed by atoms with Gasteiger partial charge in [0.25, 0.3) is 0 Å². The number of hydrogen-bond donors (Lipinski definition) is 1. The summed E-state index contributed by atoms with van der Waals surface area (Å²) < 4.78 is 33.8. The Morgan fingerprint density at radius 2 is 2.00 bits per heavy atom. The molecule has 6 heteroatoms. The number of hydrogen-bond acceptors (Lipinski definition) is 3. The highest BCUT2D eigenvalue weighted by molar-refractivity contribution is 5.21. The second kappa shape index (κ2) is 7.28. The minimum atomic E-state index is -0.553. The lowest BCUT2D eigenvalue weighted by atomic mass is 10.2.